The molecule has 1 aliphatic rings. The highest BCUT2D eigenvalue weighted by Crippen LogP contribution is 2.28. The SMILES string of the molecule is CC(=O)ON1CC(N(C(C)=O)c2cccs2)C1=O. The smallest absolute Gasteiger partial charge is 0.329 e. The molecule has 2 amide bonds. The number of hydrogen-bond acceptors (Lipinski definition) is 5. The van der Waals surface area contributed by atoms with Crippen molar-refractivity contribution in [1.82, 2.24) is 5.06 Å². The van der Waals surface area contributed by atoms with Gasteiger partial charge in [0.2, 0.25) is 5.91 Å². The van der Waals surface area contributed by atoms with E-state index in [-0.39, 0.29) is 18.4 Å². The van der Waals surface area contributed by atoms with Gasteiger partial charge in [0.15, 0.2) is 0 Å². The number of carbonyl (C=O) groups is 3. The Morgan fingerprint density at radius 3 is 2.67 bits per heavy atom. The van der Waals surface area contributed by atoms with E-state index in [4.69, 9.17) is 0 Å². The summed E-state index contributed by atoms with van der Waals surface area (Å²) in [5, 5.41) is 3.51. The fraction of sp³-hybridized carbons (Fsp3) is 0.364. The third kappa shape index (κ3) is 2.21. The molecule has 18 heavy (non-hydrogen) atoms. The first-order valence-electron chi connectivity index (χ1n) is 5.34. The lowest BCUT2D eigenvalue weighted by molar-refractivity contribution is -0.213. The zero-order valence-corrected chi connectivity index (χ0v) is 10.8. The van der Waals surface area contributed by atoms with Gasteiger partial charge >= 0.3 is 5.97 Å². The summed E-state index contributed by atoms with van der Waals surface area (Å²) in [4.78, 5) is 40.2. The van der Waals surface area contributed by atoms with Crippen molar-refractivity contribution < 1.29 is 19.2 Å². The predicted molar refractivity (Wildman–Crippen MR) is 64.7 cm³/mol. The maximum Gasteiger partial charge on any atom is 0.329 e. The van der Waals surface area contributed by atoms with Crippen molar-refractivity contribution in [2.45, 2.75) is 19.9 Å². The van der Waals surface area contributed by atoms with Crippen LogP contribution in [-0.4, -0.2) is 35.4 Å². The van der Waals surface area contributed by atoms with E-state index >= 15 is 0 Å². The Labute approximate surface area is 108 Å². The number of nitrogens with zero attached hydrogens (tertiary/aromatic N) is 2. The van der Waals surface area contributed by atoms with E-state index in [2.05, 4.69) is 4.84 Å². The lowest BCUT2D eigenvalue weighted by Gasteiger charge is -2.41. The van der Waals surface area contributed by atoms with Crippen LogP contribution < -0.4 is 4.90 Å². The molecule has 7 heteroatoms. The van der Waals surface area contributed by atoms with Crippen molar-refractivity contribution in [3.05, 3.63) is 17.5 Å². The quantitative estimate of drug-likeness (QED) is 0.760. The Morgan fingerprint density at radius 1 is 1.50 bits per heavy atom. The number of rotatable bonds is 3. The van der Waals surface area contributed by atoms with E-state index in [1.54, 1.807) is 6.07 Å². The normalized spacial score (nSPS) is 18.2. The summed E-state index contributed by atoms with van der Waals surface area (Å²) in [7, 11) is 0. The van der Waals surface area contributed by atoms with Crippen LogP contribution in [0.15, 0.2) is 17.5 Å². The van der Waals surface area contributed by atoms with Crippen molar-refractivity contribution in [2.24, 2.45) is 0 Å². The average molecular weight is 268 g/mol. The van der Waals surface area contributed by atoms with Crippen molar-refractivity contribution in [2.75, 3.05) is 11.4 Å². The highest BCUT2D eigenvalue weighted by Gasteiger charge is 2.45. The molecular formula is C11H12N2O4S. The van der Waals surface area contributed by atoms with Crippen LogP contribution in [-0.2, 0) is 19.2 Å². The highest BCUT2D eigenvalue weighted by atomic mass is 32.1. The number of hydrogen-bond donors (Lipinski definition) is 0. The van der Waals surface area contributed by atoms with Crippen LogP contribution in [0, 0.1) is 0 Å². The first-order valence-corrected chi connectivity index (χ1v) is 6.22. The molecule has 96 valence electrons. The van der Waals surface area contributed by atoms with E-state index in [0.29, 0.717) is 5.00 Å². The number of carbonyl (C=O) groups excluding carboxylic acids is 3. The lowest BCUT2D eigenvalue weighted by atomic mass is 10.1. The third-order valence-electron chi connectivity index (χ3n) is 2.50. The van der Waals surface area contributed by atoms with Gasteiger partial charge in [-0.15, -0.1) is 11.3 Å². The molecular weight excluding hydrogens is 256 g/mol. The molecule has 0 radical (unpaired) electrons. The van der Waals surface area contributed by atoms with E-state index in [0.717, 1.165) is 5.06 Å². The second-order valence-corrected chi connectivity index (χ2v) is 4.76. The Balaban J connectivity index is 2.10. The van der Waals surface area contributed by atoms with Gasteiger partial charge in [0.1, 0.15) is 6.04 Å². The predicted octanol–water partition coefficient (Wildman–Crippen LogP) is 0.790. The van der Waals surface area contributed by atoms with Gasteiger partial charge in [0.05, 0.1) is 11.5 Å². The number of anilines is 1. The molecule has 0 aromatic carbocycles. The van der Waals surface area contributed by atoms with E-state index in [9.17, 15) is 14.4 Å². The monoisotopic (exact) mass is 268 g/mol. The molecule has 1 fully saturated rings. The van der Waals surface area contributed by atoms with Crippen LogP contribution in [0.5, 0.6) is 0 Å². The van der Waals surface area contributed by atoms with Gasteiger partial charge in [-0.05, 0) is 17.5 Å². The highest BCUT2D eigenvalue weighted by molar-refractivity contribution is 7.14. The number of amides is 2. The maximum atomic E-state index is 11.8. The van der Waals surface area contributed by atoms with Gasteiger partial charge in [-0.25, -0.2) is 0 Å². The zero-order chi connectivity index (χ0) is 13.3. The molecule has 0 bridgehead atoms. The average Bonchev–Trinajstić information content (AvgIpc) is 2.79. The van der Waals surface area contributed by atoms with Crippen molar-refractivity contribution in [1.29, 1.82) is 0 Å². The fourth-order valence-electron chi connectivity index (χ4n) is 1.74. The van der Waals surface area contributed by atoms with Gasteiger partial charge in [-0.2, -0.15) is 5.06 Å². The van der Waals surface area contributed by atoms with E-state index < -0.39 is 12.0 Å². The summed E-state index contributed by atoms with van der Waals surface area (Å²) in [6.07, 6.45) is 0. The number of thiophene rings is 1. The van der Waals surface area contributed by atoms with Crippen LogP contribution in [0.4, 0.5) is 5.00 Å². The van der Waals surface area contributed by atoms with E-state index in [1.807, 2.05) is 11.4 Å². The second-order valence-electron chi connectivity index (χ2n) is 3.84. The van der Waals surface area contributed by atoms with Gasteiger partial charge in [0.25, 0.3) is 5.91 Å². The summed E-state index contributed by atoms with van der Waals surface area (Å²) in [5.74, 6) is -1.14. The summed E-state index contributed by atoms with van der Waals surface area (Å²) < 4.78 is 0. The molecule has 0 aliphatic carbocycles. The molecule has 2 heterocycles. The van der Waals surface area contributed by atoms with Crippen molar-refractivity contribution in [3.8, 4) is 0 Å². The Morgan fingerprint density at radius 2 is 2.22 bits per heavy atom. The Bertz CT molecular complexity index is 485. The van der Waals surface area contributed by atoms with Crippen LogP contribution in [0.25, 0.3) is 0 Å². The molecule has 1 atom stereocenters. The minimum atomic E-state index is -0.583. The molecule has 6 nitrogen and oxygen atoms in total. The summed E-state index contributed by atoms with van der Waals surface area (Å²) in [6.45, 7) is 2.83. The summed E-state index contributed by atoms with van der Waals surface area (Å²) in [5.41, 5.74) is 0. The van der Waals surface area contributed by atoms with Gasteiger partial charge in [-0.1, -0.05) is 0 Å². The van der Waals surface area contributed by atoms with Crippen LogP contribution >= 0.6 is 11.3 Å². The topological polar surface area (TPSA) is 66.9 Å². The van der Waals surface area contributed by atoms with Gasteiger partial charge < -0.3 is 4.84 Å². The molecule has 1 aromatic heterocycles. The van der Waals surface area contributed by atoms with Crippen LogP contribution in [0.2, 0.25) is 0 Å². The molecule has 0 N–H and O–H groups in total. The van der Waals surface area contributed by atoms with Crippen molar-refractivity contribution in [3.63, 3.8) is 0 Å². The van der Waals surface area contributed by atoms with Gasteiger partial charge in [0, 0.05) is 13.8 Å². The second kappa shape index (κ2) is 4.77. The molecule has 1 saturated heterocycles. The Kier molecular flexibility index (Phi) is 3.33. The van der Waals surface area contributed by atoms with Crippen molar-refractivity contribution >= 4 is 34.1 Å². The summed E-state index contributed by atoms with van der Waals surface area (Å²) >= 11 is 1.38. The van der Waals surface area contributed by atoms with Crippen LogP contribution in [0.1, 0.15) is 13.8 Å². The number of hydroxylamine groups is 2. The molecule has 2 rings (SSSR count). The largest absolute Gasteiger partial charge is 0.338 e. The molecule has 1 unspecified atom stereocenters. The molecule has 1 aromatic rings. The lowest BCUT2D eigenvalue weighted by Crippen LogP contribution is -2.65. The first-order chi connectivity index (χ1) is 8.50. The zero-order valence-electron chi connectivity index (χ0n) is 9.95. The number of β-lactam (4-membered cyclic amide) rings is 1. The maximum absolute atomic E-state index is 11.8. The molecule has 0 spiro atoms. The Hall–Kier alpha value is -1.89. The van der Waals surface area contributed by atoms with Crippen LogP contribution in [0.3, 0.4) is 0 Å². The van der Waals surface area contributed by atoms with E-state index in [1.165, 1.54) is 30.1 Å². The first kappa shape index (κ1) is 12.6. The third-order valence-corrected chi connectivity index (χ3v) is 3.37. The summed E-state index contributed by atoms with van der Waals surface area (Å²) in [6, 6.07) is 3.00. The minimum Gasteiger partial charge on any atom is -0.338 e. The molecule has 1 aliphatic heterocycles. The molecule has 0 saturated carbocycles. The minimum absolute atomic E-state index is 0.204. The fourth-order valence-corrected chi connectivity index (χ4v) is 2.57. The van der Waals surface area contributed by atoms with Gasteiger partial charge in [-0.3, -0.25) is 19.3 Å². The standard InChI is InChI=1S/C11H12N2O4S/c1-7(14)13(10-4-3-5-18-10)9-6-12(11(9)16)17-8(2)15/h3-5,9H,6H2,1-2H3.